The number of allylic oxidation sites excluding steroid dienone is 1. The van der Waals surface area contributed by atoms with Gasteiger partial charge in [0.05, 0.1) is 22.6 Å². The Kier molecular flexibility index (Phi) is 8.56. The Morgan fingerprint density at radius 3 is 1.77 bits per heavy atom. The van der Waals surface area contributed by atoms with Gasteiger partial charge in [-0.25, -0.2) is 0 Å². The summed E-state index contributed by atoms with van der Waals surface area (Å²) in [7, 11) is 0. The minimum Gasteiger partial charge on any atom is -0.311 e. The highest BCUT2D eigenvalue weighted by atomic mass is 15.2. The number of hydrogen-bond acceptors (Lipinski definition) is 1. The van der Waals surface area contributed by atoms with Crippen LogP contribution in [0.5, 0.6) is 0 Å². The smallest absolute Gasteiger partial charge is 0.0779 e. The summed E-state index contributed by atoms with van der Waals surface area (Å²) >= 11 is 0. The average molecular weight is 771 g/mol. The third kappa shape index (κ3) is 5.62. The predicted octanol–water partition coefficient (Wildman–Crippen LogP) is 15.6. The maximum Gasteiger partial charge on any atom is 0.0779 e. The maximum atomic E-state index is 2.59. The van der Waals surface area contributed by atoms with Crippen molar-refractivity contribution in [1.29, 1.82) is 0 Å². The molecule has 1 unspecified atom stereocenters. The molecule has 0 spiro atoms. The van der Waals surface area contributed by atoms with Gasteiger partial charge in [0.15, 0.2) is 0 Å². The van der Waals surface area contributed by atoms with E-state index >= 15 is 0 Å². The fourth-order valence-corrected chi connectivity index (χ4v) is 10.2. The molecule has 288 valence electrons. The van der Waals surface area contributed by atoms with Gasteiger partial charge in [0.25, 0.3) is 0 Å². The van der Waals surface area contributed by atoms with Crippen LogP contribution in [0.15, 0.2) is 200 Å². The van der Waals surface area contributed by atoms with Crippen LogP contribution < -0.4 is 4.90 Å². The molecule has 1 atom stereocenters. The van der Waals surface area contributed by atoms with Crippen LogP contribution in [0.25, 0.3) is 67.2 Å². The fourth-order valence-electron chi connectivity index (χ4n) is 10.2. The SMILES string of the molecule is CC1C=Cc2c(n(-c3ccccc3)c3c(N(c4ccccc4-c4ccccc4-c4ccccc4-c4ccccc4)c4cccc5c4-c4ccccc4C5(C)C)cccc23)C1. The molecule has 0 fully saturated rings. The van der Waals surface area contributed by atoms with Crippen molar-refractivity contribution in [2.45, 2.75) is 32.6 Å². The van der Waals surface area contributed by atoms with E-state index in [9.17, 15) is 0 Å². The minimum absolute atomic E-state index is 0.156. The lowest BCUT2D eigenvalue weighted by Gasteiger charge is -2.32. The van der Waals surface area contributed by atoms with Crippen LogP contribution in [0, 0.1) is 5.92 Å². The van der Waals surface area contributed by atoms with Gasteiger partial charge < -0.3 is 9.47 Å². The second-order valence-corrected chi connectivity index (χ2v) is 16.9. The highest BCUT2D eigenvalue weighted by Gasteiger charge is 2.38. The molecule has 0 bridgehead atoms. The van der Waals surface area contributed by atoms with Crippen LogP contribution in [0.3, 0.4) is 0 Å². The summed E-state index contributed by atoms with van der Waals surface area (Å²) in [4.78, 5) is 2.59. The zero-order chi connectivity index (χ0) is 40.4. The standard InChI is InChI=1S/C58H46N2/c1-39-36-37-47-48-30-18-35-54(57(48)59(55(47)38-39)41-22-8-5-9-23-41)60(53-34-19-32-51-56(53)49-29-14-16-31-50(49)58(51,2)3)52-33-17-15-28-46(52)45-27-13-12-26-44(45)43-25-11-10-24-42(43)40-20-6-4-7-21-40/h4-37,39H,38H2,1-3H3. The molecule has 0 amide bonds. The molecule has 2 aliphatic carbocycles. The lowest BCUT2D eigenvalue weighted by atomic mass is 9.82. The van der Waals surface area contributed by atoms with E-state index in [0.717, 1.165) is 17.8 Å². The van der Waals surface area contributed by atoms with E-state index in [1.165, 1.54) is 89.2 Å². The van der Waals surface area contributed by atoms with Crippen molar-refractivity contribution in [3.05, 3.63) is 223 Å². The average Bonchev–Trinajstić information content (AvgIpc) is 3.75. The maximum absolute atomic E-state index is 2.59. The van der Waals surface area contributed by atoms with E-state index in [1.54, 1.807) is 0 Å². The Labute approximate surface area is 353 Å². The molecule has 2 heteroatoms. The Morgan fingerprint density at radius 1 is 0.483 bits per heavy atom. The Hall–Kier alpha value is -7.16. The summed E-state index contributed by atoms with van der Waals surface area (Å²) in [6.07, 6.45) is 5.72. The van der Waals surface area contributed by atoms with Gasteiger partial charge in [0, 0.05) is 38.9 Å². The number of aromatic nitrogens is 1. The van der Waals surface area contributed by atoms with Gasteiger partial charge in [0.2, 0.25) is 0 Å². The molecule has 2 nitrogen and oxygen atoms in total. The monoisotopic (exact) mass is 770 g/mol. The summed E-state index contributed by atoms with van der Waals surface area (Å²) < 4.78 is 2.56. The zero-order valence-corrected chi connectivity index (χ0v) is 34.3. The molecule has 0 saturated heterocycles. The quantitative estimate of drug-likeness (QED) is 0.157. The Morgan fingerprint density at radius 2 is 1.02 bits per heavy atom. The molecule has 8 aromatic carbocycles. The third-order valence-corrected chi connectivity index (χ3v) is 13.0. The van der Waals surface area contributed by atoms with Crippen LogP contribution in [0.1, 0.15) is 43.2 Å². The molecule has 2 aliphatic rings. The van der Waals surface area contributed by atoms with Gasteiger partial charge in [-0.1, -0.05) is 197 Å². The highest BCUT2D eigenvalue weighted by Crippen LogP contribution is 2.56. The van der Waals surface area contributed by atoms with Crippen molar-refractivity contribution < 1.29 is 0 Å². The van der Waals surface area contributed by atoms with Crippen LogP contribution in [-0.2, 0) is 11.8 Å². The van der Waals surface area contributed by atoms with Gasteiger partial charge in [-0.2, -0.15) is 0 Å². The molecule has 11 rings (SSSR count). The molecule has 0 aliphatic heterocycles. The number of hydrogen-bond donors (Lipinski definition) is 0. The van der Waals surface area contributed by atoms with Gasteiger partial charge in [-0.05, 0) is 87.2 Å². The second-order valence-electron chi connectivity index (χ2n) is 16.9. The first-order valence-electron chi connectivity index (χ1n) is 21.3. The largest absolute Gasteiger partial charge is 0.311 e. The Balaban J connectivity index is 1.24. The number of anilines is 3. The molecule has 60 heavy (non-hydrogen) atoms. The van der Waals surface area contributed by atoms with Crippen molar-refractivity contribution in [3.8, 4) is 50.2 Å². The zero-order valence-electron chi connectivity index (χ0n) is 34.3. The van der Waals surface area contributed by atoms with E-state index in [1.807, 2.05) is 0 Å². The van der Waals surface area contributed by atoms with Crippen LogP contribution in [-0.4, -0.2) is 4.57 Å². The topological polar surface area (TPSA) is 8.17 Å². The molecule has 0 N–H and O–H groups in total. The van der Waals surface area contributed by atoms with Crippen LogP contribution in [0.4, 0.5) is 17.1 Å². The molecule has 9 aromatic rings. The van der Waals surface area contributed by atoms with E-state index in [0.29, 0.717) is 5.92 Å². The lowest BCUT2D eigenvalue weighted by Crippen LogP contribution is -2.17. The summed E-state index contributed by atoms with van der Waals surface area (Å²) in [5.41, 5.74) is 20.9. The van der Waals surface area contributed by atoms with Gasteiger partial charge in [-0.3, -0.25) is 0 Å². The number of benzene rings is 8. The summed E-state index contributed by atoms with van der Waals surface area (Å²) in [5.74, 6) is 0.441. The number of fused-ring (bicyclic) bond motifs is 6. The Bertz CT molecular complexity index is 3110. The number of nitrogens with zero attached hydrogens (tertiary/aromatic N) is 2. The van der Waals surface area contributed by atoms with E-state index in [4.69, 9.17) is 0 Å². The number of para-hydroxylation sites is 3. The van der Waals surface area contributed by atoms with Crippen molar-refractivity contribution >= 4 is 34.0 Å². The summed E-state index contributed by atoms with van der Waals surface area (Å²) in [6, 6.07) is 71.5. The first-order chi connectivity index (χ1) is 29.5. The van der Waals surface area contributed by atoms with Crippen LogP contribution >= 0.6 is 0 Å². The molecule has 0 radical (unpaired) electrons. The van der Waals surface area contributed by atoms with Crippen LogP contribution in [0.2, 0.25) is 0 Å². The van der Waals surface area contributed by atoms with E-state index < -0.39 is 0 Å². The van der Waals surface area contributed by atoms with Crippen molar-refractivity contribution in [2.75, 3.05) is 4.90 Å². The van der Waals surface area contributed by atoms with Crippen molar-refractivity contribution in [3.63, 3.8) is 0 Å². The second kappa shape index (κ2) is 14.3. The minimum atomic E-state index is -0.156. The molecular weight excluding hydrogens is 725 g/mol. The molecule has 0 saturated carbocycles. The van der Waals surface area contributed by atoms with Gasteiger partial charge in [0.1, 0.15) is 0 Å². The summed E-state index contributed by atoms with van der Waals surface area (Å²) in [5, 5.41) is 1.27. The van der Waals surface area contributed by atoms with Gasteiger partial charge >= 0.3 is 0 Å². The first-order valence-corrected chi connectivity index (χ1v) is 21.3. The highest BCUT2D eigenvalue weighted by molar-refractivity contribution is 6.08. The molecular formula is C58H46N2. The first kappa shape index (κ1) is 36.0. The normalized spacial score (nSPS) is 14.8. The fraction of sp³-hybridized carbons (Fsp3) is 0.103. The third-order valence-electron chi connectivity index (χ3n) is 13.0. The molecule has 1 aromatic heterocycles. The molecule has 1 heterocycles. The van der Waals surface area contributed by atoms with E-state index in [2.05, 4.69) is 237 Å². The van der Waals surface area contributed by atoms with E-state index in [-0.39, 0.29) is 5.41 Å². The van der Waals surface area contributed by atoms with Crippen molar-refractivity contribution in [2.24, 2.45) is 5.92 Å². The van der Waals surface area contributed by atoms with Crippen molar-refractivity contribution in [1.82, 2.24) is 4.57 Å². The predicted molar refractivity (Wildman–Crippen MR) is 254 cm³/mol. The van der Waals surface area contributed by atoms with Gasteiger partial charge in [-0.15, -0.1) is 0 Å². The summed E-state index contributed by atoms with van der Waals surface area (Å²) in [6.45, 7) is 7.09. The number of rotatable bonds is 7. The lowest BCUT2D eigenvalue weighted by molar-refractivity contribution is 0.660.